The average Bonchev–Trinajstić information content (AvgIpc) is 2.94. The van der Waals surface area contributed by atoms with Crippen LogP contribution in [0.3, 0.4) is 0 Å². The minimum absolute atomic E-state index is 0.281. The summed E-state index contributed by atoms with van der Waals surface area (Å²) in [5.74, 6) is 0.119. The van der Waals surface area contributed by atoms with Gasteiger partial charge < -0.3 is 15.8 Å². The highest BCUT2D eigenvalue weighted by Gasteiger charge is 2.18. The monoisotopic (exact) mass is 277 g/mol. The number of rotatable bonds is 5. The fraction of sp³-hybridized carbons (Fsp3) is 0.231. The standard InChI is InChI=1S/C13H15N3O2S/c1-2-18-13-9(5-3-7-15-13)16-12(17)11(14)10-6-4-8-19-10/h3-8,11H,2,14H2,1H3,(H,16,17). The summed E-state index contributed by atoms with van der Waals surface area (Å²) >= 11 is 1.45. The molecule has 100 valence electrons. The molecule has 0 spiro atoms. The Morgan fingerprint density at radius 3 is 3.05 bits per heavy atom. The maximum Gasteiger partial charge on any atom is 0.246 e. The van der Waals surface area contributed by atoms with Gasteiger partial charge in [0.25, 0.3) is 0 Å². The van der Waals surface area contributed by atoms with Crippen LogP contribution in [-0.4, -0.2) is 17.5 Å². The SMILES string of the molecule is CCOc1ncccc1NC(=O)C(N)c1cccs1. The minimum Gasteiger partial charge on any atom is -0.476 e. The molecule has 0 aliphatic rings. The van der Waals surface area contributed by atoms with E-state index in [2.05, 4.69) is 10.3 Å². The van der Waals surface area contributed by atoms with Crippen molar-refractivity contribution in [3.63, 3.8) is 0 Å². The van der Waals surface area contributed by atoms with Crippen LogP contribution in [0.25, 0.3) is 0 Å². The number of thiophene rings is 1. The summed E-state index contributed by atoms with van der Waals surface area (Å²) in [6, 6.07) is 6.48. The third kappa shape index (κ3) is 3.30. The largest absolute Gasteiger partial charge is 0.476 e. The molecule has 5 nitrogen and oxygen atoms in total. The fourth-order valence-corrected chi connectivity index (χ4v) is 2.27. The van der Waals surface area contributed by atoms with E-state index in [0.717, 1.165) is 4.88 Å². The lowest BCUT2D eigenvalue weighted by molar-refractivity contribution is -0.117. The molecule has 19 heavy (non-hydrogen) atoms. The molecule has 1 atom stereocenters. The lowest BCUT2D eigenvalue weighted by Gasteiger charge is -2.13. The van der Waals surface area contributed by atoms with Gasteiger partial charge in [-0.25, -0.2) is 4.98 Å². The molecule has 6 heteroatoms. The van der Waals surface area contributed by atoms with Crippen LogP contribution in [0.5, 0.6) is 5.88 Å². The molecule has 1 amide bonds. The molecule has 3 N–H and O–H groups in total. The minimum atomic E-state index is -0.685. The lowest BCUT2D eigenvalue weighted by Crippen LogP contribution is -2.27. The van der Waals surface area contributed by atoms with Gasteiger partial charge in [0.1, 0.15) is 11.7 Å². The number of carbonyl (C=O) groups excluding carboxylic acids is 1. The van der Waals surface area contributed by atoms with Gasteiger partial charge in [-0.15, -0.1) is 11.3 Å². The van der Waals surface area contributed by atoms with E-state index in [1.165, 1.54) is 11.3 Å². The number of hydrogen-bond donors (Lipinski definition) is 2. The van der Waals surface area contributed by atoms with E-state index < -0.39 is 6.04 Å². The molecule has 0 aliphatic heterocycles. The van der Waals surface area contributed by atoms with Gasteiger partial charge in [-0.1, -0.05) is 6.07 Å². The van der Waals surface area contributed by atoms with E-state index in [-0.39, 0.29) is 5.91 Å². The van der Waals surface area contributed by atoms with Gasteiger partial charge in [0.2, 0.25) is 11.8 Å². The summed E-state index contributed by atoms with van der Waals surface area (Å²) in [5, 5.41) is 4.63. The van der Waals surface area contributed by atoms with Crippen molar-refractivity contribution in [1.82, 2.24) is 4.98 Å². The zero-order chi connectivity index (χ0) is 13.7. The number of amides is 1. The summed E-state index contributed by atoms with van der Waals surface area (Å²) < 4.78 is 5.34. The number of nitrogens with one attached hydrogen (secondary N) is 1. The van der Waals surface area contributed by atoms with Crippen LogP contribution in [0.15, 0.2) is 35.8 Å². The number of carbonyl (C=O) groups is 1. The molecule has 0 bridgehead atoms. The number of nitrogens with two attached hydrogens (primary N) is 1. The third-order valence-electron chi connectivity index (χ3n) is 2.44. The summed E-state index contributed by atoms with van der Waals surface area (Å²) in [6.07, 6.45) is 1.61. The average molecular weight is 277 g/mol. The highest BCUT2D eigenvalue weighted by atomic mass is 32.1. The van der Waals surface area contributed by atoms with Crippen LogP contribution in [0, 0.1) is 0 Å². The number of ether oxygens (including phenoxy) is 1. The maximum absolute atomic E-state index is 12.1. The van der Waals surface area contributed by atoms with Crippen molar-refractivity contribution in [2.45, 2.75) is 13.0 Å². The second-order valence-electron chi connectivity index (χ2n) is 3.77. The van der Waals surface area contributed by atoms with Crippen molar-refractivity contribution in [1.29, 1.82) is 0 Å². The van der Waals surface area contributed by atoms with E-state index in [1.54, 1.807) is 18.3 Å². The molecular weight excluding hydrogens is 262 g/mol. The summed E-state index contributed by atoms with van der Waals surface area (Å²) in [6.45, 7) is 2.34. The first-order valence-electron chi connectivity index (χ1n) is 5.90. The first-order chi connectivity index (χ1) is 9.22. The van der Waals surface area contributed by atoms with E-state index in [0.29, 0.717) is 18.2 Å². The van der Waals surface area contributed by atoms with Crippen LogP contribution >= 0.6 is 11.3 Å². The Hall–Kier alpha value is -1.92. The van der Waals surface area contributed by atoms with Crippen molar-refractivity contribution in [2.75, 3.05) is 11.9 Å². The zero-order valence-electron chi connectivity index (χ0n) is 10.5. The van der Waals surface area contributed by atoms with Gasteiger partial charge in [-0.05, 0) is 30.5 Å². The number of aromatic nitrogens is 1. The topological polar surface area (TPSA) is 77.2 Å². The molecule has 2 aromatic rings. The second-order valence-corrected chi connectivity index (χ2v) is 4.75. The molecule has 2 rings (SSSR count). The molecular formula is C13H15N3O2S. The van der Waals surface area contributed by atoms with E-state index in [9.17, 15) is 4.79 Å². The Morgan fingerprint density at radius 1 is 1.53 bits per heavy atom. The fourth-order valence-electron chi connectivity index (χ4n) is 1.55. The normalized spacial score (nSPS) is 11.9. The molecule has 0 aromatic carbocycles. The molecule has 0 saturated carbocycles. The Kier molecular flexibility index (Phi) is 4.48. The summed E-state index contributed by atoms with van der Waals surface area (Å²) in [4.78, 5) is 16.9. The quantitative estimate of drug-likeness (QED) is 0.878. The summed E-state index contributed by atoms with van der Waals surface area (Å²) in [5.41, 5.74) is 6.42. The predicted octanol–water partition coefficient (Wildman–Crippen LogP) is 2.18. The molecule has 0 aliphatic carbocycles. The Morgan fingerprint density at radius 2 is 2.37 bits per heavy atom. The Bertz CT molecular complexity index is 543. The van der Waals surface area contributed by atoms with E-state index >= 15 is 0 Å². The van der Waals surface area contributed by atoms with Crippen molar-refractivity contribution in [2.24, 2.45) is 5.73 Å². The maximum atomic E-state index is 12.1. The van der Waals surface area contributed by atoms with E-state index in [4.69, 9.17) is 10.5 Å². The second kappa shape index (κ2) is 6.31. The van der Waals surface area contributed by atoms with Gasteiger partial charge in [0, 0.05) is 11.1 Å². The molecule has 2 heterocycles. The van der Waals surface area contributed by atoms with E-state index in [1.807, 2.05) is 24.4 Å². The first kappa shape index (κ1) is 13.5. The van der Waals surface area contributed by atoms with Crippen LogP contribution in [0.4, 0.5) is 5.69 Å². The molecule has 0 saturated heterocycles. The molecule has 2 aromatic heterocycles. The molecule has 0 radical (unpaired) electrons. The van der Waals surface area contributed by atoms with Crippen LogP contribution in [0.1, 0.15) is 17.8 Å². The van der Waals surface area contributed by atoms with Gasteiger partial charge in [0.05, 0.1) is 6.61 Å². The van der Waals surface area contributed by atoms with Crippen molar-refractivity contribution >= 4 is 22.9 Å². The van der Waals surface area contributed by atoms with Crippen molar-refractivity contribution < 1.29 is 9.53 Å². The van der Waals surface area contributed by atoms with Crippen LogP contribution in [-0.2, 0) is 4.79 Å². The number of nitrogens with zero attached hydrogens (tertiary/aromatic N) is 1. The van der Waals surface area contributed by atoms with Gasteiger partial charge in [-0.3, -0.25) is 4.79 Å². The Labute approximate surface area is 115 Å². The van der Waals surface area contributed by atoms with Crippen molar-refractivity contribution in [3.05, 3.63) is 40.7 Å². The van der Waals surface area contributed by atoms with Gasteiger partial charge >= 0.3 is 0 Å². The number of anilines is 1. The van der Waals surface area contributed by atoms with Gasteiger partial charge in [-0.2, -0.15) is 0 Å². The predicted molar refractivity (Wildman–Crippen MR) is 75.3 cm³/mol. The molecule has 1 unspecified atom stereocenters. The lowest BCUT2D eigenvalue weighted by atomic mass is 10.2. The molecule has 0 fully saturated rings. The third-order valence-corrected chi connectivity index (χ3v) is 3.40. The highest BCUT2D eigenvalue weighted by molar-refractivity contribution is 7.10. The number of hydrogen-bond acceptors (Lipinski definition) is 5. The number of pyridine rings is 1. The van der Waals surface area contributed by atoms with Crippen LogP contribution < -0.4 is 15.8 Å². The van der Waals surface area contributed by atoms with Gasteiger partial charge in [0.15, 0.2) is 0 Å². The Balaban J connectivity index is 2.10. The zero-order valence-corrected chi connectivity index (χ0v) is 11.3. The highest BCUT2D eigenvalue weighted by Crippen LogP contribution is 2.23. The van der Waals surface area contributed by atoms with Crippen molar-refractivity contribution in [3.8, 4) is 5.88 Å². The first-order valence-corrected chi connectivity index (χ1v) is 6.78. The van der Waals surface area contributed by atoms with Crippen LogP contribution in [0.2, 0.25) is 0 Å². The smallest absolute Gasteiger partial charge is 0.246 e. The summed E-state index contributed by atoms with van der Waals surface area (Å²) in [7, 11) is 0.